The van der Waals surface area contributed by atoms with Gasteiger partial charge in [0.2, 0.25) is 5.91 Å². The van der Waals surface area contributed by atoms with Gasteiger partial charge in [-0.1, -0.05) is 0 Å². The quantitative estimate of drug-likeness (QED) is 0.524. The first-order chi connectivity index (χ1) is 11.5. The molecular weight excluding hydrogens is 314 g/mol. The molecule has 0 radical (unpaired) electrons. The van der Waals surface area contributed by atoms with Crippen molar-refractivity contribution in [1.82, 2.24) is 29.7 Å². The summed E-state index contributed by atoms with van der Waals surface area (Å²) in [6, 6.07) is -0.875. The lowest BCUT2D eigenvalue weighted by Gasteiger charge is -2.29. The number of fused-ring (bicyclic) bond motifs is 1. The summed E-state index contributed by atoms with van der Waals surface area (Å²) in [5.41, 5.74) is 6.58. The summed E-state index contributed by atoms with van der Waals surface area (Å²) in [7, 11) is 1.74. The Hall–Kier alpha value is -2.59. The van der Waals surface area contributed by atoms with Gasteiger partial charge in [0.15, 0.2) is 17.2 Å². The molecule has 1 amide bonds. The number of aromatic nitrogens is 4. The maximum absolute atomic E-state index is 12.7. The molecule has 0 bridgehead atoms. The van der Waals surface area contributed by atoms with Gasteiger partial charge in [-0.3, -0.25) is 9.59 Å². The summed E-state index contributed by atoms with van der Waals surface area (Å²) in [6.45, 7) is 1.64. The number of nitrogens with one attached hydrogen (secondary N) is 1. The van der Waals surface area contributed by atoms with Crippen molar-refractivity contribution >= 4 is 28.7 Å². The summed E-state index contributed by atoms with van der Waals surface area (Å²) >= 11 is 0. The molecule has 2 rings (SSSR count). The number of carbonyl (C=O) groups is 2. The monoisotopic (exact) mass is 335 g/mol. The van der Waals surface area contributed by atoms with Crippen molar-refractivity contribution in [2.45, 2.75) is 19.5 Å². The second-order valence-corrected chi connectivity index (χ2v) is 5.30. The number of Topliss-reactive ketones (excluding diaryl/α,β-unsaturated/α-hetero) is 1. The van der Waals surface area contributed by atoms with Gasteiger partial charge in [0.05, 0.1) is 12.9 Å². The van der Waals surface area contributed by atoms with Crippen molar-refractivity contribution in [3.63, 3.8) is 0 Å². The number of nitrogens with zero attached hydrogens (tertiary/aromatic N) is 5. The van der Waals surface area contributed by atoms with E-state index in [2.05, 4.69) is 20.3 Å². The largest absolute Gasteiger partial charge is 0.394 e. The predicted octanol–water partition coefficient (Wildman–Crippen LogP) is -1.59. The maximum Gasteiger partial charge on any atom is 0.243 e. The summed E-state index contributed by atoms with van der Waals surface area (Å²) in [5.74, 6) is -0.366. The Kier molecular flexibility index (Phi) is 5.77. The molecule has 0 aromatic carbocycles. The van der Waals surface area contributed by atoms with E-state index in [0.29, 0.717) is 24.3 Å². The lowest BCUT2D eigenvalue weighted by molar-refractivity contribution is -0.140. The molecule has 4 N–H and O–H groups in total. The van der Waals surface area contributed by atoms with Crippen LogP contribution in [0.2, 0.25) is 0 Å². The van der Waals surface area contributed by atoms with Gasteiger partial charge in [-0.2, -0.15) is 0 Å². The van der Waals surface area contributed by atoms with E-state index in [0.717, 1.165) is 0 Å². The number of carbonyl (C=O) groups excluding carboxylic acids is 2. The van der Waals surface area contributed by atoms with Gasteiger partial charge in [0.1, 0.15) is 24.4 Å². The van der Waals surface area contributed by atoms with Crippen LogP contribution in [-0.4, -0.2) is 74.0 Å². The van der Waals surface area contributed by atoms with Crippen molar-refractivity contribution < 1.29 is 14.7 Å². The third-order valence-corrected chi connectivity index (χ3v) is 3.68. The van der Waals surface area contributed by atoms with Crippen molar-refractivity contribution in [1.29, 1.82) is 0 Å². The summed E-state index contributed by atoms with van der Waals surface area (Å²) in [5, 5.41) is 12.4. The minimum Gasteiger partial charge on any atom is -0.394 e. The van der Waals surface area contributed by atoms with E-state index in [1.54, 1.807) is 7.05 Å². The third kappa shape index (κ3) is 3.66. The van der Waals surface area contributed by atoms with Gasteiger partial charge in [-0.15, -0.1) is 0 Å². The highest BCUT2D eigenvalue weighted by Crippen LogP contribution is 2.14. The number of nitrogen functional groups attached to an aromatic ring is 1. The number of anilines is 1. The molecule has 2 aromatic heterocycles. The standard InChI is InChI=1S/C14H21N7O3/c1-9(23)10(6-22)21(4-3-16-2)11(24)5-20-8-19-12-13(15)17-7-18-14(12)20/h7-8,10,16,22H,3-6H2,1-2H3,(H2,15,17,18)/t10-/m1/s1. The minimum absolute atomic E-state index is 0.0690. The Morgan fingerprint density at radius 1 is 1.42 bits per heavy atom. The van der Waals surface area contributed by atoms with E-state index in [-0.39, 0.29) is 24.1 Å². The van der Waals surface area contributed by atoms with Crippen LogP contribution in [0.3, 0.4) is 0 Å². The van der Waals surface area contributed by atoms with Crippen molar-refractivity contribution in [2.75, 3.05) is 32.5 Å². The Labute approximate surface area is 138 Å². The zero-order chi connectivity index (χ0) is 17.7. The van der Waals surface area contributed by atoms with E-state index >= 15 is 0 Å². The molecule has 0 aliphatic carbocycles. The Morgan fingerprint density at radius 3 is 2.79 bits per heavy atom. The molecule has 1 atom stereocenters. The molecule has 24 heavy (non-hydrogen) atoms. The van der Waals surface area contributed by atoms with E-state index in [1.807, 2.05) is 0 Å². The van der Waals surface area contributed by atoms with E-state index in [9.17, 15) is 14.7 Å². The highest BCUT2D eigenvalue weighted by atomic mass is 16.3. The van der Waals surface area contributed by atoms with E-state index < -0.39 is 12.6 Å². The number of amides is 1. The molecule has 130 valence electrons. The second-order valence-electron chi connectivity index (χ2n) is 5.30. The fourth-order valence-corrected chi connectivity index (χ4v) is 2.38. The number of aliphatic hydroxyl groups excluding tert-OH is 1. The Bertz CT molecular complexity index is 730. The number of rotatable bonds is 8. The van der Waals surface area contributed by atoms with Crippen LogP contribution in [0.1, 0.15) is 6.92 Å². The van der Waals surface area contributed by atoms with E-state index in [4.69, 9.17) is 5.73 Å². The lowest BCUT2D eigenvalue weighted by atomic mass is 10.1. The molecule has 0 saturated carbocycles. The van der Waals surface area contributed by atoms with Gasteiger partial charge in [-0.25, -0.2) is 15.0 Å². The van der Waals surface area contributed by atoms with E-state index in [1.165, 1.54) is 29.0 Å². The Balaban J connectivity index is 2.25. The molecule has 0 saturated heterocycles. The zero-order valence-corrected chi connectivity index (χ0v) is 13.6. The molecule has 0 aliphatic heterocycles. The number of hydrogen-bond donors (Lipinski definition) is 3. The third-order valence-electron chi connectivity index (χ3n) is 3.68. The lowest BCUT2D eigenvalue weighted by Crippen LogP contribution is -2.49. The average Bonchev–Trinajstić information content (AvgIpc) is 2.95. The number of imidazole rings is 1. The van der Waals surface area contributed by atoms with Crippen LogP contribution in [0.25, 0.3) is 11.2 Å². The molecule has 2 aromatic rings. The number of aliphatic hydroxyl groups is 1. The first-order valence-corrected chi connectivity index (χ1v) is 7.46. The van der Waals surface area contributed by atoms with Gasteiger partial charge in [0.25, 0.3) is 0 Å². The molecule has 10 heteroatoms. The fourth-order valence-electron chi connectivity index (χ4n) is 2.38. The minimum atomic E-state index is -0.875. The molecule has 2 heterocycles. The zero-order valence-electron chi connectivity index (χ0n) is 13.6. The van der Waals surface area contributed by atoms with Crippen LogP contribution in [-0.2, 0) is 16.1 Å². The molecule has 0 aliphatic rings. The van der Waals surface area contributed by atoms with Gasteiger partial charge in [-0.05, 0) is 14.0 Å². The van der Waals surface area contributed by atoms with Gasteiger partial charge >= 0.3 is 0 Å². The van der Waals surface area contributed by atoms with Crippen molar-refractivity contribution in [3.8, 4) is 0 Å². The SMILES string of the molecule is CNCCN(C(=O)Cn1cnc2c(N)ncnc21)[C@H](CO)C(C)=O. The van der Waals surface area contributed by atoms with Crippen LogP contribution in [0.5, 0.6) is 0 Å². The average molecular weight is 335 g/mol. The molecule has 0 fully saturated rings. The molecule has 0 spiro atoms. The first-order valence-electron chi connectivity index (χ1n) is 7.46. The number of nitrogens with two attached hydrogens (primary N) is 1. The van der Waals surface area contributed by atoms with Crippen LogP contribution in [0.4, 0.5) is 5.82 Å². The summed E-state index contributed by atoms with van der Waals surface area (Å²) < 4.78 is 1.54. The first kappa shape index (κ1) is 17.8. The predicted molar refractivity (Wildman–Crippen MR) is 86.9 cm³/mol. The van der Waals surface area contributed by atoms with Crippen LogP contribution in [0.15, 0.2) is 12.7 Å². The molecule has 0 unspecified atom stereocenters. The van der Waals surface area contributed by atoms with Crippen molar-refractivity contribution in [3.05, 3.63) is 12.7 Å². The van der Waals surface area contributed by atoms with Gasteiger partial charge < -0.3 is 25.6 Å². The highest BCUT2D eigenvalue weighted by molar-refractivity contribution is 5.88. The summed E-state index contributed by atoms with van der Waals surface area (Å²) in [6.07, 6.45) is 2.75. The smallest absolute Gasteiger partial charge is 0.243 e. The van der Waals surface area contributed by atoms with Crippen molar-refractivity contribution in [2.24, 2.45) is 0 Å². The van der Waals surface area contributed by atoms with Crippen LogP contribution >= 0.6 is 0 Å². The fraction of sp³-hybridized carbons (Fsp3) is 0.500. The summed E-state index contributed by atoms with van der Waals surface area (Å²) in [4.78, 5) is 37.8. The molecule has 10 nitrogen and oxygen atoms in total. The number of likely N-dealkylation sites (N-methyl/N-ethyl adjacent to an activating group) is 1. The topological polar surface area (TPSA) is 139 Å². The van der Waals surface area contributed by atoms with Crippen LogP contribution in [0, 0.1) is 0 Å². The normalized spacial score (nSPS) is 12.3. The number of ketones is 1. The maximum atomic E-state index is 12.7. The van der Waals surface area contributed by atoms with Crippen LogP contribution < -0.4 is 11.1 Å². The number of hydrogen-bond acceptors (Lipinski definition) is 8. The van der Waals surface area contributed by atoms with Gasteiger partial charge in [0, 0.05) is 13.1 Å². The Morgan fingerprint density at radius 2 is 2.17 bits per heavy atom. The highest BCUT2D eigenvalue weighted by Gasteiger charge is 2.27. The molecular formula is C14H21N7O3. The second kappa shape index (κ2) is 7.79.